The summed E-state index contributed by atoms with van der Waals surface area (Å²) in [5, 5.41) is 11.2. The van der Waals surface area contributed by atoms with E-state index in [4.69, 9.17) is 4.74 Å². The van der Waals surface area contributed by atoms with Gasteiger partial charge in [0.2, 0.25) is 0 Å². The van der Waals surface area contributed by atoms with Gasteiger partial charge in [-0.25, -0.2) is 4.79 Å². The van der Waals surface area contributed by atoms with Crippen molar-refractivity contribution in [2.45, 2.75) is 45.3 Å². The van der Waals surface area contributed by atoms with E-state index in [9.17, 15) is 14.9 Å². The van der Waals surface area contributed by atoms with Gasteiger partial charge in [0.15, 0.2) is 0 Å². The molecule has 1 aromatic rings. The van der Waals surface area contributed by atoms with Crippen molar-refractivity contribution in [3.63, 3.8) is 0 Å². The topological polar surface area (TPSA) is 75.9 Å². The van der Waals surface area contributed by atoms with Crippen LogP contribution in [0.25, 0.3) is 0 Å². The lowest BCUT2D eigenvalue weighted by molar-refractivity contribution is -0.384. The Hall–Kier alpha value is -2.31. The van der Waals surface area contributed by atoms with Crippen LogP contribution in [0.3, 0.4) is 0 Å². The summed E-state index contributed by atoms with van der Waals surface area (Å²) in [6, 6.07) is 6.90. The second kappa shape index (κ2) is 7.07. The lowest BCUT2D eigenvalue weighted by Crippen LogP contribution is -2.47. The number of para-hydroxylation sites is 2. The maximum atomic E-state index is 12.1. The molecule has 2 rings (SSSR count). The fraction of sp³-hybridized carbons (Fsp3) is 0.588. The highest BCUT2D eigenvalue weighted by Crippen LogP contribution is 2.30. The van der Waals surface area contributed by atoms with Crippen LogP contribution in [0.5, 0.6) is 0 Å². The number of ether oxygens (including phenoxy) is 1. The van der Waals surface area contributed by atoms with Crippen LogP contribution in [0, 0.1) is 10.1 Å². The average molecular weight is 335 g/mol. The molecule has 24 heavy (non-hydrogen) atoms. The second-order valence-electron chi connectivity index (χ2n) is 7.06. The smallest absolute Gasteiger partial charge is 0.410 e. The molecule has 1 saturated heterocycles. The van der Waals surface area contributed by atoms with E-state index in [2.05, 4.69) is 0 Å². The molecular weight excluding hydrogens is 310 g/mol. The Kier molecular flexibility index (Phi) is 5.31. The number of piperidine rings is 1. The number of benzene rings is 1. The molecule has 1 aromatic carbocycles. The fourth-order valence-electron chi connectivity index (χ4n) is 2.88. The molecule has 0 unspecified atom stereocenters. The highest BCUT2D eigenvalue weighted by atomic mass is 16.6. The number of amides is 1. The molecule has 1 amide bonds. The zero-order valence-corrected chi connectivity index (χ0v) is 14.7. The lowest BCUT2D eigenvalue weighted by atomic mass is 10.0. The minimum Gasteiger partial charge on any atom is -0.444 e. The van der Waals surface area contributed by atoms with Crippen LogP contribution in [0.4, 0.5) is 16.2 Å². The minimum absolute atomic E-state index is 0.106. The molecular formula is C17H25N3O4. The van der Waals surface area contributed by atoms with E-state index in [1.54, 1.807) is 23.1 Å². The number of rotatable bonds is 3. The van der Waals surface area contributed by atoms with Crippen molar-refractivity contribution in [3.8, 4) is 0 Å². The van der Waals surface area contributed by atoms with Gasteiger partial charge in [0, 0.05) is 32.2 Å². The summed E-state index contributed by atoms with van der Waals surface area (Å²) in [5.41, 5.74) is 0.211. The molecule has 0 bridgehead atoms. The Balaban J connectivity index is 2.00. The zero-order valence-electron chi connectivity index (χ0n) is 14.7. The summed E-state index contributed by atoms with van der Waals surface area (Å²) in [5.74, 6) is 0. The molecule has 0 saturated carbocycles. The molecule has 7 heteroatoms. The predicted molar refractivity (Wildman–Crippen MR) is 92.3 cm³/mol. The van der Waals surface area contributed by atoms with Crippen molar-refractivity contribution in [1.29, 1.82) is 0 Å². The van der Waals surface area contributed by atoms with Crippen molar-refractivity contribution in [2.75, 3.05) is 25.0 Å². The van der Waals surface area contributed by atoms with E-state index in [0.29, 0.717) is 18.8 Å². The Bertz CT molecular complexity index is 604. The first-order valence-electron chi connectivity index (χ1n) is 8.13. The van der Waals surface area contributed by atoms with Crippen molar-refractivity contribution < 1.29 is 14.5 Å². The predicted octanol–water partition coefficient (Wildman–Crippen LogP) is 3.43. The van der Waals surface area contributed by atoms with Gasteiger partial charge < -0.3 is 14.5 Å². The maximum Gasteiger partial charge on any atom is 0.410 e. The van der Waals surface area contributed by atoms with Gasteiger partial charge in [0.05, 0.1) is 4.92 Å². The summed E-state index contributed by atoms with van der Waals surface area (Å²) < 4.78 is 5.39. The number of anilines is 1. The number of nitro groups is 1. The van der Waals surface area contributed by atoms with Gasteiger partial charge in [-0.1, -0.05) is 12.1 Å². The third kappa shape index (κ3) is 4.37. The molecule has 7 nitrogen and oxygen atoms in total. The molecule has 0 aliphatic carbocycles. The number of hydrogen-bond donors (Lipinski definition) is 0. The third-order valence-electron chi connectivity index (χ3n) is 4.12. The van der Waals surface area contributed by atoms with Crippen LogP contribution in [0.15, 0.2) is 24.3 Å². The SMILES string of the molecule is CN(c1ccccc1[N+](=O)[O-])C1CCN(C(=O)OC(C)(C)C)CC1. The van der Waals surface area contributed by atoms with Crippen LogP contribution < -0.4 is 4.90 Å². The van der Waals surface area contributed by atoms with Crippen molar-refractivity contribution >= 4 is 17.5 Å². The van der Waals surface area contributed by atoms with Crippen LogP contribution in [-0.4, -0.2) is 47.7 Å². The first-order chi connectivity index (χ1) is 11.2. The summed E-state index contributed by atoms with van der Waals surface area (Å²) >= 11 is 0. The normalized spacial score (nSPS) is 15.9. The molecule has 1 aliphatic rings. The van der Waals surface area contributed by atoms with Crippen molar-refractivity contribution in [1.82, 2.24) is 4.90 Å². The maximum absolute atomic E-state index is 12.1. The first kappa shape index (κ1) is 18.0. The minimum atomic E-state index is -0.505. The van der Waals surface area contributed by atoms with E-state index in [1.165, 1.54) is 6.07 Å². The van der Waals surface area contributed by atoms with Crippen LogP contribution in [-0.2, 0) is 4.74 Å². The number of hydrogen-bond acceptors (Lipinski definition) is 5. The number of nitrogens with zero attached hydrogens (tertiary/aromatic N) is 3. The molecule has 1 heterocycles. The van der Waals surface area contributed by atoms with Crippen LogP contribution >= 0.6 is 0 Å². The van der Waals surface area contributed by atoms with E-state index < -0.39 is 5.60 Å². The summed E-state index contributed by atoms with van der Waals surface area (Å²) in [6.07, 6.45) is 1.21. The largest absolute Gasteiger partial charge is 0.444 e. The average Bonchev–Trinajstić information content (AvgIpc) is 2.52. The molecule has 0 spiro atoms. The number of carbonyl (C=O) groups is 1. The Morgan fingerprint density at radius 3 is 2.42 bits per heavy atom. The van der Waals surface area contributed by atoms with Gasteiger partial charge in [0.1, 0.15) is 11.3 Å². The van der Waals surface area contributed by atoms with Gasteiger partial charge in [-0.3, -0.25) is 10.1 Å². The molecule has 0 N–H and O–H groups in total. The zero-order chi connectivity index (χ0) is 17.9. The van der Waals surface area contributed by atoms with Gasteiger partial charge in [0.25, 0.3) is 5.69 Å². The van der Waals surface area contributed by atoms with Crippen LogP contribution in [0.2, 0.25) is 0 Å². The molecule has 132 valence electrons. The summed E-state index contributed by atoms with van der Waals surface area (Å²) in [6.45, 7) is 6.72. The summed E-state index contributed by atoms with van der Waals surface area (Å²) in [4.78, 5) is 26.6. The fourth-order valence-corrected chi connectivity index (χ4v) is 2.88. The van der Waals surface area contributed by atoms with E-state index in [0.717, 1.165) is 12.8 Å². The number of carbonyl (C=O) groups excluding carboxylic acids is 1. The van der Waals surface area contributed by atoms with Crippen molar-refractivity contribution in [3.05, 3.63) is 34.4 Å². The van der Waals surface area contributed by atoms with Crippen LogP contribution in [0.1, 0.15) is 33.6 Å². The monoisotopic (exact) mass is 335 g/mol. The highest BCUT2D eigenvalue weighted by molar-refractivity contribution is 5.68. The molecule has 1 aliphatic heterocycles. The summed E-state index contributed by atoms with van der Waals surface area (Å²) in [7, 11) is 1.87. The quantitative estimate of drug-likeness (QED) is 0.625. The van der Waals surface area contributed by atoms with Gasteiger partial charge in [-0.2, -0.15) is 0 Å². The lowest BCUT2D eigenvalue weighted by Gasteiger charge is -2.38. The molecule has 0 atom stereocenters. The van der Waals surface area contributed by atoms with Gasteiger partial charge in [-0.05, 0) is 39.7 Å². The highest BCUT2D eigenvalue weighted by Gasteiger charge is 2.30. The Labute approximate surface area is 142 Å². The van der Waals surface area contributed by atoms with Gasteiger partial charge in [-0.15, -0.1) is 0 Å². The Morgan fingerprint density at radius 1 is 1.29 bits per heavy atom. The number of likely N-dealkylation sites (tertiary alicyclic amines) is 1. The number of nitro benzene ring substituents is 1. The second-order valence-corrected chi connectivity index (χ2v) is 7.06. The standard InChI is InChI=1S/C17H25N3O4/c1-17(2,3)24-16(21)19-11-9-13(10-12-19)18(4)14-7-5-6-8-15(14)20(22)23/h5-8,13H,9-12H2,1-4H3. The Morgan fingerprint density at radius 2 is 1.88 bits per heavy atom. The first-order valence-corrected chi connectivity index (χ1v) is 8.13. The third-order valence-corrected chi connectivity index (χ3v) is 4.12. The molecule has 0 radical (unpaired) electrons. The molecule has 1 fully saturated rings. The van der Waals surface area contributed by atoms with E-state index >= 15 is 0 Å². The van der Waals surface area contributed by atoms with E-state index in [1.807, 2.05) is 32.7 Å². The van der Waals surface area contributed by atoms with E-state index in [-0.39, 0.29) is 22.7 Å². The molecule has 0 aromatic heterocycles. The van der Waals surface area contributed by atoms with Gasteiger partial charge >= 0.3 is 6.09 Å². The van der Waals surface area contributed by atoms with Crippen molar-refractivity contribution in [2.24, 2.45) is 0 Å².